The molecule has 3 rings (SSSR count). The first-order valence-electron chi connectivity index (χ1n) is 6.79. The molecule has 2 heterocycles. The molecule has 7 heteroatoms. The van der Waals surface area contributed by atoms with E-state index >= 15 is 0 Å². The van der Waals surface area contributed by atoms with Crippen LogP contribution in [-0.2, 0) is 7.05 Å². The van der Waals surface area contributed by atoms with Gasteiger partial charge in [-0.15, -0.1) is 0 Å². The maximum atomic E-state index is 12.2. The molecule has 0 aliphatic heterocycles. The second-order valence-corrected chi connectivity index (χ2v) is 5.30. The molecule has 0 N–H and O–H groups in total. The average molecular weight is 334 g/mol. The van der Waals surface area contributed by atoms with Crippen LogP contribution in [0.1, 0.15) is 0 Å². The van der Waals surface area contributed by atoms with Crippen LogP contribution >= 0.6 is 11.6 Å². The van der Waals surface area contributed by atoms with Crippen LogP contribution in [0.15, 0.2) is 53.7 Å². The smallest absolute Gasteiger partial charge is 0.256 e. The minimum atomic E-state index is -0.897. The number of aryl methyl sites for hydroxylation is 1. The van der Waals surface area contributed by atoms with Crippen molar-refractivity contribution in [2.24, 2.45) is 7.05 Å². The molecule has 118 valence electrons. The minimum Gasteiger partial charge on any atom is -0.463 e. The van der Waals surface area contributed by atoms with Gasteiger partial charge in [0.1, 0.15) is 5.75 Å². The van der Waals surface area contributed by atoms with E-state index in [1.165, 1.54) is 10.6 Å². The largest absolute Gasteiger partial charge is 0.463 e. The number of aromatic nitrogens is 3. The fourth-order valence-electron chi connectivity index (χ4n) is 2.25. The van der Waals surface area contributed by atoms with Gasteiger partial charge in [0.2, 0.25) is 6.86 Å². The number of rotatable bonds is 4. The fourth-order valence-corrected chi connectivity index (χ4v) is 2.50. The van der Waals surface area contributed by atoms with Gasteiger partial charge in [0.25, 0.3) is 5.56 Å². The zero-order valence-electron chi connectivity index (χ0n) is 12.2. The van der Waals surface area contributed by atoms with Crippen molar-refractivity contribution >= 4 is 11.6 Å². The Balaban J connectivity index is 2.07. The number of halogens is 2. The van der Waals surface area contributed by atoms with E-state index in [0.717, 1.165) is 5.56 Å². The van der Waals surface area contributed by atoms with Crippen LogP contribution in [0.25, 0.3) is 16.8 Å². The van der Waals surface area contributed by atoms with Crippen LogP contribution in [0.5, 0.6) is 5.75 Å². The topological polar surface area (TPSA) is 49.0 Å². The molecular formula is C16H13ClFN3O2. The van der Waals surface area contributed by atoms with Gasteiger partial charge in [-0.25, -0.2) is 4.39 Å². The van der Waals surface area contributed by atoms with Gasteiger partial charge in [0.05, 0.1) is 11.2 Å². The van der Waals surface area contributed by atoms with Crippen LogP contribution < -0.4 is 10.3 Å². The van der Waals surface area contributed by atoms with Crippen molar-refractivity contribution in [2.45, 2.75) is 0 Å². The highest BCUT2D eigenvalue weighted by Crippen LogP contribution is 2.26. The summed E-state index contributed by atoms with van der Waals surface area (Å²) in [7, 11) is 1.80. The van der Waals surface area contributed by atoms with Crippen molar-refractivity contribution in [1.29, 1.82) is 0 Å². The number of benzene rings is 1. The molecule has 0 spiro atoms. The summed E-state index contributed by atoms with van der Waals surface area (Å²) in [6.07, 6.45) is 5.15. The summed E-state index contributed by atoms with van der Waals surface area (Å²) in [6, 6.07) is 7.90. The third-order valence-corrected chi connectivity index (χ3v) is 3.67. The lowest BCUT2D eigenvalue weighted by molar-refractivity contribution is 0.192. The van der Waals surface area contributed by atoms with E-state index in [0.29, 0.717) is 22.0 Å². The molecule has 0 unspecified atom stereocenters. The highest BCUT2D eigenvalue weighted by atomic mass is 35.5. The van der Waals surface area contributed by atoms with Crippen LogP contribution in [0, 0.1) is 0 Å². The number of hydrogen-bond donors (Lipinski definition) is 0. The fraction of sp³-hybridized carbons (Fsp3) is 0.125. The van der Waals surface area contributed by atoms with Gasteiger partial charge in [0, 0.05) is 42.3 Å². The number of pyridine rings is 1. The van der Waals surface area contributed by atoms with E-state index < -0.39 is 6.86 Å². The Labute approximate surface area is 136 Å². The molecule has 0 saturated carbocycles. The van der Waals surface area contributed by atoms with E-state index in [-0.39, 0.29) is 5.56 Å². The minimum absolute atomic E-state index is 0.262. The van der Waals surface area contributed by atoms with Crippen LogP contribution in [-0.4, -0.2) is 21.2 Å². The highest BCUT2D eigenvalue weighted by Gasteiger charge is 2.10. The van der Waals surface area contributed by atoms with E-state index in [9.17, 15) is 9.18 Å². The molecule has 0 bridgehead atoms. The maximum absolute atomic E-state index is 12.2. The normalized spacial score (nSPS) is 10.7. The summed E-state index contributed by atoms with van der Waals surface area (Å²) in [4.78, 5) is 12.2. The molecule has 0 fully saturated rings. The van der Waals surface area contributed by atoms with Gasteiger partial charge in [-0.2, -0.15) is 5.10 Å². The van der Waals surface area contributed by atoms with Crippen LogP contribution in [0.4, 0.5) is 4.39 Å². The van der Waals surface area contributed by atoms with E-state index in [2.05, 4.69) is 5.10 Å². The molecule has 0 aliphatic rings. The standard InChI is InChI=1S/C16H13ClFN3O2/c1-20-8-11(7-19-20)14-9-21(16(22)6-15(14)17)12-2-4-13(5-3-12)23-10-18/h2-9H,10H2,1H3. The summed E-state index contributed by atoms with van der Waals surface area (Å²) >= 11 is 6.19. The monoisotopic (exact) mass is 333 g/mol. The molecule has 0 radical (unpaired) electrons. The second kappa shape index (κ2) is 6.26. The Morgan fingerprint density at radius 3 is 2.61 bits per heavy atom. The lowest BCUT2D eigenvalue weighted by Crippen LogP contribution is -2.17. The Morgan fingerprint density at radius 2 is 2.00 bits per heavy atom. The van der Waals surface area contributed by atoms with Gasteiger partial charge < -0.3 is 4.74 Å². The third kappa shape index (κ3) is 3.12. The number of hydrogen-bond acceptors (Lipinski definition) is 3. The van der Waals surface area contributed by atoms with Crippen LogP contribution in [0.3, 0.4) is 0 Å². The first kappa shape index (κ1) is 15.3. The summed E-state index contributed by atoms with van der Waals surface area (Å²) < 4.78 is 20.0. The molecule has 0 aliphatic carbocycles. The van der Waals surface area contributed by atoms with Crippen molar-refractivity contribution in [2.75, 3.05) is 6.86 Å². The predicted molar refractivity (Wildman–Crippen MR) is 85.9 cm³/mol. The highest BCUT2D eigenvalue weighted by molar-refractivity contribution is 6.33. The SMILES string of the molecule is Cn1cc(-c2cn(-c3ccc(OCF)cc3)c(=O)cc2Cl)cn1. The number of nitrogens with zero attached hydrogens (tertiary/aromatic N) is 3. The summed E-state index contributed by atoms with van der Waals surface area (Å²) in [5.74, 6) is 0.394. The van der Waals surface area contributed by atoms with Crippen molar-refractivity contribution in [1.82, 2.24) is 14.3 Å². The summed E-state index contributed by atoms with van der Waals surface area (Å²) in [5, 5.41) is 4.47. The van der Waals surface area contributed by atoms with Crippen molar-refractivity contribution in [3.63, 3.8) is 0 Å². The Hall–Kier alpha value is -2.60. The maximum Gasteiger partial charge on any atom is 0.256 e. The quantitative estimate of drug-likeness (QED) is 0.736. The van der Waals surface area contributed by atoms with Gasteiger partial charge >= 0.3 is 0 Å². The lowest BCUT2D eigenvalue weighted by atomic mass is 10.1. The molecule has 1 aromatic carbocycles. The number of ether oxygens (including phenoxy) is 1. The van der Waals surface area contributed by atoms with Crippen molar-refractivity contribution in [3.8, 4) is 22.6 Å². The molecule has 0 amide bonds. The van der Waals surface area contributed by atoms with E-state index in [1.54, 1.807) is 48.4 Å². The zero-order chi connectivity index (χ0) is 16.4. The van der Waals surface area contributed by atoms with E-state index in [1.807, 2.05) is 6.20 Å². The van der Waals surface area contributed by atoms with Gasteiger partial charge in [-0.1, -0.05) is 11.6 Å². The van der Waals surface area contributed by atoms with Crippen molar-refractivity contribution in [3.05, 3.63) is 64.3 Å². The molecule has 0 saturated heterocycles. The van der Waals surface area contributed by atoms with Gasteiger partial charge in [-0.3, -0.25) is 14.0 Å². The van der Waals surface area contributed by atoms with Gasteiger partial charge in [-0.05, 0) is 24.3 Å². The Kier molecular flexibility index (Phi) is 4.16. The second-order valence-electron chi connectivity index (χ2n) is 4.89. The summed E-state index contributed by atoms with van der Waals surface area (Å²) in [6.45, 7) is -0.897. The molecule has 23 heavy (non-hydrogen) atoms. The molecule has 3 aromatic rings. The Bertz CT molecular complexity index is 887. The van der Waals surface area contributed by atoms with E-state index in [4.69, 9.17) is 16.3 Å². The van der Waals surface area contributed by atoms with Gasteiger partial charge in [0.15, 0.2) is 0 Å². The zero-order valence-corrected chi connectivity index (χ0v) is 13.0. The summed E-state index contributed by atoms with van der Waals surface area (Å²) in [5.41, 5.74) is 1.87. The average Bonchev–Trinajstić information content (AvgIpc) is 2.95. The third-order valence-electron chi connectivity index (χ3n) is 3.36. The first-order chi connectivity index (χ1) is 11.1. The molecule has 2 aromatic heterocycles. The van der Waals surface area contributed by atoms with Crippen LogP contribution in [0.2, 0.25) is 5.02 Å². The number of alkyl halides is 1. The predicted octanol–water partition coefficient (Wildman–Crippen LogP) is 3.20. The molecule has 5 nitrogen and oxygen atoms in total. The molecule has 0 atom stereocenters. The first-order valence-corrected chi connectivity index (χ1v) is 7.16. The molecular weight excluding hydrogens is 321 g/mol. The van der Waals surface area contributed by atoms with Crippen molar-refractivity contribution < 1.29 is 9.13 Å². The lowest BCUT2D eigenvalue weighted by Gasteiger charge is -2.10. The Morgan fingerprint density at radius 1 is 1.26 bits per heavy atom.